The molecule has 5 rings (SSSR count). The molecular weight excluding hydrogens is 536 g/mol. The van der Waals surface area contributed by atoms with E-state index in [0.29, 0.717) is 53.7 Å². The third-order valence-corrected chi connectivity index (χ3v) is 9.43. The first-order chi connectivity index (χ1) is 18.7. The second-order valence-corrected chi connectivity index (χ2v) is 12.0. The number of benzene rings is 3. The first-order valence-electron chi connectivity index (χ1n) is 13.0. The van der Waals surface area contributed by atoms with Crippen molar-refractivity contribution in [3.8, 4) is 11.4 Å². The molecule has 1 aliphatic heterocycles. The van der Waals surface area contributed by atoms with Crippen molar-refractivity contribution in [3.05, 3.63) is 94.0 Å². The summed E-state index contributed by atoms with van der Waals surface area (Å²) < 4.78 is 35.5. The van der Waals surface area contributed by atoms with E-state index < -0.39 is 10.0 Å². The molecule has 204 valence electrons. The molecule has 0 amide bonds. The van der Waals surface area contributed by atoms with Crippen molar-refractivity contribution in [2.45, 2.75) is 37.8 Å². The SMILES string of the molecule is CCOc1ccc(-n2c([C@H](C)N3CCN(S(=O)(=O)c4ccc(Cl)cc4)[C@@H](C)C3)nc3ccccc3c2=O)cc1. The number of ether oxygens (including phenoxy) is 1. The number of halogens is 1. The smallest absolute Gasteiger partial charge is 0.266 e. The molecule has 0 N–H and O–H groups in total. The van der Waals surface area contributed by atoms with Gasteiger partial charge in [0, 0.05) is 30.7 Å². The van der Waals surface area contributed by atoms with Crippen molar-refractivity contribution in [2.75, 3.05) is 26.2 Å². The van der Waals surface area contributed by atoms with Gasteiger partial charge in [-0.05, 0) is 81.4 Å². The molecule has 39 heavy (non-hydrogen) atoms. The molecule has 2 heterocycles. The Morgan fingerprint density at radius 2 is 1.72 bits per heavy atom. The molecule has 0 radical (unpaired) electrons. The van der Waals surface area contributed by atoms with Crippen LogP contribution >= 0.6 is 11.6 Å². The van der Waals surface area contributed by atoms with Crippen LogP contribution in [0.1, 0.15) is 32.6 Å². The molecular formula is C29H31ClN4O4S. The second-order valence-electron chi connectivity index (χ2n) is 9.64. The van der Waals surface area contributed by atoms with Crippen molar-refractivity contribution in [2.24, 2.45) is 0 Å². The van der Waals surface area contributed by atoms with Gasteiger partial charge in [-0.2, -0.15) is 4.31 Å². The molecule has 8 nitrogen and oxygen atoms in total. The predicted molar refractivity (Wildman–Crippen MR) is 153 cm³/mol. The van der Waals surface area contributed by atoms with Gasteiger partial charge in [-0.25, -0.2) is 13.4 Å². The molecule has 3 aromatic carbocycles. The van der Waals surface area contributed by atoms with Gasteiger partial charge in [0.05, 0.1) is 34.1 Å². The largest absolute Gasteiger partial charge is 0.494 e. The number of piperazine rings is 1. The number of hydrogen-bond donors (Lipinski definition) is 0. The standard InChI is InChI=1S/C29H31ClN4O4S/c1-4-38-24-13-11-23(12-14-24)34-28(31-27-8-6-5-7-26(27)29(34)35)21(3)32-17-18-33(20(2)19-32)39(36,37)25-15-9-22(30)10-16-25/h5-16,20-21H,4,17-19H2,1-3H3/t20-,21-/m0/s1. The highest BCUT2D eigenvalue weighted by molar-refractivity contribution is 7.89. The molecule has 0 bridgehead atoms. The lowest BCUT2D eigenvalue weighted by Gasteiger charge is -2.41. The van der Waals surface area contributed by atoms with Gasteiger partial charge in [0.1, 0.15) is 11.6 Å². The van der Waals surface area contributed by atoms with Gasteiger partial charge < -0.3 is 4.74 Å². The van der Waals surface area contributed by atoms with Crippen LogP contribution in [0.15, 0.2) is 82.5 Å². The van der Waals surface area contributed by atoms with Gasteiger partial charge >= 0.3 is 0 Å². The van der Waals surface area contributed by atoms with Crippen molar-refractivity contribution in [1.82, 2.24) is 18.8 Å². The number of fused-ring (bicyclic) bond motifs is 1. The molecule has 2 atom stereocenters. The van der Waals surface area contributed by atoms with E-state index in [4.69, 9.17) is 21.3 Å². The van der Waals surface area contributed by atoms with Crippen molar-refractivity contribution in [1.29, 1.82) is 0 Å². The Morgan fingerprint density at radius 1 is 1.03 bits per heavy atom. The fourth-order valence-electron chi connectivity index (χ4n) is 5.12. The molecule has 1 aliphatic rings. The second kappa shape index (κ2) is 11.1. The van der Waals surface area contributed by atoms with Crippen LogP contribution in [0.25, 0.3) is 16.6 Å². The van der Waals surface area contributed by atoms with Crippen LogP contribution in [0.3, 0.4) is 0 Å². The Labute approximate surface area is 233 Å². The predicted octanol–water partition coefficient (Wildman–Crippen LogP) is 4.89. The van der Waals surface area contributed by atoms with Crippen LogP contribution in [-0.2, 0) is 10.0 Å². The van der Waals surface area contributed by atoms with Crippen molar-refractivity contribution < 1.29 is 13.2 Å². The van der Waals surface area contributed by atoms with Crippen LogP contribution in [0.2, 0.25) is 5.02 Å². The molecule has 0 unspecified atom stereocenters. The minimum Gasteiger partial charge on any atom is -0.494 e. The highest BCUT2D eigenvalue weighted by Gasteiger charge is 2.36. The maximum atomic E-state index is 13.8. The molecule has 0 aliphatic carbocycles. The molecule has 0 saturated carbocycles. The summed E-state index contributed by atoms with van der Waals surface area (Å²) in [5.74, 6) is 1.33. The zero-order valence-corrected chi connectivity index (χ0v) is 23.7. The highest BCUT2D eigenvalue weighted by Crippen LogP contribution is 2.29. The highest BCUT2D eigenvalue weighted by atomic mass is 35.5. The van der Waals surface area contributed by atoms with E-state index in [2.05, 4.69) is 4.90 Å². The monoisotopic (exact) mass is 566 g/mol. The summed E-state index contributed by atoms with van der Waals surface area (Å²) in [6, 6.07) is 20.4. The van der Waals surface area contributed by atoms with E-state index in [1.165, 1.54) is 16.4 Å². The number of nitrogens with zero attached hydrogens (tertiary/aromatic N) is 4. The van der Waals surface area contributed by atoms with Crippen molar-refractivity contribution >= 4 is 32.5 Å². The summed E-state index contributed by atoms with van der Waals surface area (Å²) in [7, 11) is -3.67. The molecule has 1 aromatic heterocycles. The average molecular weight is 567 g/mol. The lowest BCUT2D eigenvalue weighted by atomic mass is 10.1. The number of hydrogen-bond acceptors (Lipinski definition) is 6. The van der Waals surface area contributed by atoms with Crippen LogP contribution in [0.4, 0.5) is 0 Å². The van der Waals surface area contributed by atoms with Gasteiger partial charge in [0.25, 0.3) is 5.56 Å². The Morgan fingerprint density at radius 3 is 2.38 bits per heavy atom. The van der Waals surface area contributed by atoms with Crippen LogP contribution in [0.5, 0.6) is 5.75 Å². The quantitative estimate of drug-likeness (QED) is 0.316. The Bertz CT molecular complexity index is 1640. The van der Waals surface area contributed by atoms with Crippen LogP contribution in [0, 0.1) is 0 Å². The van der Waals surface area contributed by atoms with Crippen molar-refractivity contribution in [3.63, 3.8) is 0 Å². The zero-order chi connectivity index (χ0) is 27.7. The fraction of sp³-hybridized carbons (Fsp3) is 0.310. The minimum absolute atomic E-state index is 0.149. The number of aromatic nitrogens is 2. The van der Waals surface area contributed by atoms with E-state index >= 15 is 0 Å². The minimum atomic E-state index is -3.67. The van der Waals surface area contributed by atoms with E-state index in [-0.39, 0.29) is 22.5 Å². The van der Waals surface area contributed by atoms with Gasteiger partial charge in [0.15, 0.2) is 0 Å². The summed E-state index contributed by atoms with van der Waals surface area (Å²) in [5.41, 5.74) is 1.17. The van der Waals surface area contributed by atoms with E-state index in [1.807, 2.05) is 63.2 Å². The first-order valence-corrected chi connectivity index (χ1v) is 14.8. The maximum Gasteiger partial charge on any atom is 0.266 e. The molecule has 1 fully saturated rings. The zero-order valence-electron chi connectivity index (χ0n) is 22.1. The van der Waals surface area contributed by atoms with Gasteiger partial charge in [-0.3, -0.25) is 14.3 Å². The third kappa shape index (κ3) is 5.32. The van der Waals surface area contributed by atoms with Gasteiger partial charge in [-0.15, -0.1) is 0 Å². The molecule has 1 saturated heterocycles. The number of para-hydroxylation sites is 1. The van der Waals surface area contributed by atoms with E-state index in [1.54, 1.807) is 22.8 Å². The lowest BCUT2D eigenvalue weighted by molar-refractivity contribution is 0.104. The average Bonchev–Trinajstić information content (AvgIpc) is 2.93. The summed E-state index contributed by atoms with van der Waals surface area (Å²) in [4.78, 5) is 21.1. The summed E-state index contributed by atoms with van der Waals surface area (Å²) in [5, 5.41) is 1.02. The van der Waals surface area contributed by atoms with Gasteiger partial charge in [-0.1, -0.05) is 23.7 Å². The Hall–Kier alpha value is -3.24. The van der Waals surface area contributed by atoms with Crippen LogP contribution < -0.4 is 10.3 Å². The van der Waals surface area contributed by atoms with Gasteiger partial charge in [0.2, 0.25) is 10.0 Å². The topological polar surface area (TPSA) is 84.7 Å². The Kier molecular flexibility index (Phi) is 7.77. The summed E-state index contributed by atoms with van der Waals surface area (Å²) in [6.07, 6.45) is 0. The Balaban J connectivity index is 1.48. The van der Waals surface area contributed by atoms with E-state index in [9.17, 15) is 13.2 Å². The molecule has 0 spiro atoms. The lowest BCUT2D eigenvalue weighted by Crippen LogP contribution is -2.54. The number of rotatable bonds is 7. The third-order valence-electron chi connectivity index (χ3n) is 7.15. The normalized spacial score (nSPS) is 17.8. The maximum absolute atomic E-state index is 13.8. The van der Waals surface area contributed by atoms with Crippen LogP contribution in [-0.4, -0.2) is 59.5 Å². The molecule has 4 aromatic rings. The summed E-state index contributed by atoms with van der Waals surface area (Å²) >= 11 is 5.96. The first kappa shape index (κ1) is 27.3. The summed E-state index contributed by atoms with van der Waals surface area (Å²) in [6.45, 7) is 7.68. The fourth-order valence-corrected chi connectivity index (χ4v) is 6.86. The van der Waals surface area contributed by atoms with E-state index in [0.717, 1.165) is 5.75 Å². The molecule has 10 heteroatoms. The number of sulfonamides is 1.